The Labute approximate surface area is 94.5 Å². The predicted octanol–water partition coefficient (Wildman–Crippen LogP) is -1.20. The summed E-state index contributed by atoms with van der Waals surface area (Å²) in [5, 5.41) is 24.9. The third kappa shape index (κ3) is 8.16. The first-order valence-corrected chi connectivity index (χ1v) is 4.67. The smallest absolute Gasteiger partial charge is 0.323 e. The Bertz CT molecular complexity index is 206. The molecule has 0 rings (SSSR count). The van der Waals surface area contributed by atoms with Gasteiger partial charge in [-0.05, 0) is 27.9 Å². The van der Waals surface area contributed by atoms with E-state index in [9.17, 15) is 9.59 Å². The Kier molecular flexibility index (Phi) is 8.64. The molecule has 0 saturated carbocycles. The molecule has 0 aliphatic rings. The number of likely N-dealkylation sites (N-methyl/N-ethyl adjacent to an activating group) is 1. The summed E-state index contributed by atoms with van der Waals surface area (Å²) in [5.41, 5.74) is 4.91. The highest BCUT2D eigenvalue weighted by atomic mass is 16.4. The first-order chi connectivity index (χ1) is 7.11. The van der Waals surface area contributed by atoms with Crippen LogP contribution < -0.4 is 5.73 Å². The van der Waals surface area contributed by atoms with Gasteiger partial charge in [0.15, 0.2) is 0 Å². The average Bonchev–Trinajstić information content (AvgIpc) is 2.15. The Balaban J connectivity index is 0. The number of nitrogens with two attached hydrogens (primary N) is 1. The van der Waals surface area contributed by atoms with Gasteiger partial charge in [-0.3, -0.25) is 14.5 Å². The molecular formula is C9H20N2O5. The van der Waals surface area contributed by atoms with E-state index in [2.05, 4.69) is 0 Å². The minimum Gasteiger partial charge on any atom is -0.480 e. The Hall–Kier alpha value is -1.18. The van der Waals surface area contributed by atoms with Gasteiger partial charge >= 0.3 is 11.9 Å². The average molecular weight is 236 g/mol. The van der Waals surface area contributed by atoms with Crippen molar-refractivity contribution in [1.29, 1.82) is 0 Å². The van der Waals surface area contributed by atoms with Gasteiger partial charge in [0.2, 0.25) is 0 Å². The van der Waals surface area contributed by atoms with E-state index in [1.54, 1.807) is 25.9 Å². The molecule has 0 spiro atoms. The van der Waals surface area contributed by atoms with Crippen molar-refractivity contribution in [1.82, 2.24) is 4.90 Å². The number of carbonyl (C=O) groups is 2. The number of carboxylic acid groups (broad SMARTS) is 2. The predicted molar refractivity (Wildman–Crippen MR) is 58.1 cm³/mol. The number of carboxylic acids is 2. The van der Waals surface area contributed by atoms with Crippen molar-refractivity contribution in [2.75, 3.05) is 14.1 Å². The van der Waals surface area contributed by atoms with Crippen LogP contribution in [0.5, 0.6) is 0 Å². The monoisotopic (exact) mass is 236 g/mol. The molecule has 0 amide bonds. The molecule has 7 nitrogen and oxygen atoms in total. The number of aliphatic hydroxyl groups is 1. The highest BCUT2D eigenvalue weighted by Crippen LogP contribution is 1.88. The first-order valence-electron chi connectivity index (χ1n) is 4.67. The molecule has 0 bridgehead atoms. The lowest BCUT2D eigenvalue weighted by atomic mass is 10.2. The fraction of sp³-hybridized carbons (Fsp3) is 0.778. The second-order valence-corrected chi connectivity index (χ2v) is 3.58. The zero-order valence-electron chi connectivity index (χ0n) is 9.91. The van der Waals surface area contributed by atoms with Crippen LogP contribution in [0.2, 0.25) is 0 Å². The summed E-state index contributed by atoms with van der Waals surface area (Å²) in [4.78, 5) is 21.6. The van der Waals surface area contributed by atoms with E-state index >= 15 is 0 Å². The fourth-order valence-corrected chi connectivity index (χ4v) is 0.427. The van der Waals surface area contributed by atoms with Crippen molar-refractivity contribution in [3.63, 3.8) is 0 Å². The molecule has 16 heavy (non-hydrogen) atoms. The SMILES string of the molecule is CC(C(=O)O)N(C)C.CC(O)C(N)C(=O)O. The summed E-state index contributed by atoms with van der Waals surface area (Å²) in [6, 6.07) is -1.54. The van der Waals surface area contributed by atoms with E-state index < -0.39 is 24.1 Å². The van der Waals surface area contributed by atoms with Crippen molar-refractivity contribution < 1.29 is 24.9 Å². The summed E-state index contributed by atoms with van der Waals surface area (Å²) in [7, 11) is 3.47. The topological polar surface area (TPSA) is 124 Å². The summed E-state index contributed by atoms with van der Waals surface area (Å²) in [6.45, 7) is 2.97. The Morgan fingerprint density at radius 1 is 1.12 bits per heavy atom. The second-order valence-electron chi connectivity index (χ2n) is 3.58. The molecule has 0 aliphatic carbocycles. The normalized spacial score (nSPS) is 15.7. The van der Waals surface area contributed by atoms with Gasteiger partial charge in [0.05, 0.1) is 6.10 Å². The molecule has 0 aromatic rings. The van der Waals surface area contributed by atoms with Crippen molar-refractivity contribution in [3.05, 3.63) is 0 Å². The maximum atomic E-state index is 10.1. The molecule has 96 valence electrons. The van der Waals surface area contributed by atoms with Gasteiger partial charge in [-0.2, -0.15) is 0 Å². The highest BCUT2D eigenvalue weighted by Gasteiger charge is 2.16. The van der Waals surface area contributed by atoms with Crippen LogP contribution in [0.15, 0.2) is 0 Å². The lowest BCUT2D eigenvalue weighted by Crippen LogP contribution is -2.39. The molecule has 0 aromatic heterocycles. The van der Waals surface area contributed by atoms with Gasteiger partial charge in [0.1, 0.15) is 12.1 Å². The molecular weight excluding hydrogens is 216 g/mol. The van der Waals surface area contributed by atoms with Crippen LogP contribution in [0.1, 0.15) is 13.8 Å². The second kappa shape index (κ2) is 8.03. The largest absolute Gasteiger partial charge is 0.480 e. The van der Waals surface area contributed by atoms with E-state index in [4.69, 9.17) is 21.1 Å². The van der Waals surface area contributed by atoms with E-state index in [0.29, 0.717) is 0 Å². The molecule has 7 heteroatoms. The van der Waals surface area contributed by atoms with Gasteiger partial charge in [-0.25, -0.2) is 0 Å². The molecule has 0 saturated heterocycles. The van der Waals surface area contributed by atoms with E-state index in [1.807, 2.05) is 0 Å². The summed E-state index contributed by atoms with van der Waals surface area (Å²) in [5.74, 6) is -1.96. The number of nitrogens with zero attached hydrogens (tertiary/aromatic N) is 1. The van der Waals surface area contributed by atoms with E-state index in [0.717, 1.165) is 0 Å². The van der Waals surface area contributed by atoms with Crippen molar-refractivity contribution in [2.45, 2.75) is 32.0 Å². The molecule has 0 radical (unpaired) electrons. The molecule has 0 heterocycles. The first kappa shape index (κ1) is 17.2. The van der Waals surface area contributed by atoms with Gasteiger partial charge in [-0.15, -0.1) is 0 Å². The minimum absolute atomic E-state index is 0.380. The number of aliphatic hydroxyl groups excluding tert-OH is 1. The summed E-state index contributed by atoms with van der Waals surface area (Å²) in [6.07, 6.45) is -0.979. The molecule has 5 N–H and O–H groups in total. The molecule has 0 aliphatic heterocycles. The molecule has 0 fully saturated rings. The maximum Gasteiger partial charge on any atom is 0.323 e. The van der Waals surface area contributed by atoms with Crippen LogP contribution in [0, 0.1) is 0 Å². The molecule has 3 unspecified atom stereocenters. The van der Waals surface area contributed by atoms with Crippen LogP contribution in [0.25, 0.3) is 0 Å². The lowest BCUT2D eigenvalue weighted by Gasteiger charge is -2.13. The van der Waals surface area contributed by atoms with Crippen LogP contribution >= 0.6 is 0 Å². The highest BCUT2D eigenvalue weighted by molar-refractivity contribution is 5.73. The van der Waals surface area contributed by atoms with Gasteiger partial charge in [-0.1, -0.05) is 0 Å². The van der Waals surface area contributed by atoms with Gasteiger partial charge in [0.25, 0.3) is 0 Å². The quantitative estimate of drug-likeness (QED) is 0.483. The van der Waals surface area contributed by atoms with E-state index in [1.165, 1.54) is 6.92 Å². The minimum atomic E-state index is -1.18. The fourth-order valence-electron chi connectivity index (χ4n) is 0.427. The van der Waals surface area contributed by atoms with Crippen molar-refractivity contribution in [2.24, 2.45) is 5.73 Å². The maximum absolute atomic E-state index is 10.1. The summed E-state index contributed by atoms with van der Waals surface area (Å²) >= 11 is 0. The number of hydrogen-bond acceptors (Lipinski definition) is 5. The number of hydrogen-bond donors (Lipinski definition) is 4. The van der Waals surface area contributed by atoms with Crippen LogP contribution in [0.4, 0.5) is 0 Å². The lowest BCUT2D eigenvalue weighted by molar-refractivity contribution is -0.142. The summed E-state index contributed by atoms with van der Waals surface area (Å²) < 4.78 is 0. The number of rotatable bonds is 4. The van der Waals surface area contributed by atoms with Crippen molar-refractivity contribution in [3.8, 4) is 0 Å². The Morgan fingerprint density at radius 2 is 1.50 bits per heavy atom. The van der Waals surface area contributed by atoms with Crippen molar-refractivity contribution >= 4 is 11.9 Å². The van der Waals surface area contributed by atoms with Crippen LogP contribution in [-0.2, 0) is 9.59 Å². The van der Waals surface area contributed by atoms with Gasteiger partial charge < -0.3 is 21.1 Å². The third-order valence-corrected chi connectivity index (χ3v) is 1.94. The third-order valence-electron chi connectivity index (χ3n) is 1.94. The van der Waals surface area contributed by atoms with Crippen LogP contribution in [0.3, 0.4) is 0 Å². The molecule has 0 aromatic carbocycles. The van der Waals surface area contributed by atoms with Crippen LogP contribution in [-0.4, -0.2) is 64.4 Å². The molecule has 3 atom stereocenters. The Morgan fingerprint density at radius 3 is 1.50 bits per heavy atom. The number of aliphatic carboxylic acids is 2. The van der Waals surface area contributed by atoms with E-state index in [-0.39, 0.29) is 6.04 Å². The standard InChI is InChI=1S/C5H11NO2.C4H9NO3/c1-4(5(7)8)6(2)3;1-2(6)3(5)4(7)8/h4H,1-3H3,(H,7,8);2-3,6H,5H2,1H3,(H,7,8). The van der Waals surface area contributed by atoms with Gasteiger partial charge in [0, 0.05) is 0 Å². The zero-order chi connectivity index (χ0) is 13.5. The zero-order valence-corrected chi connectivity index (χ0v) is 9.91.